The van der Waals surface area contributed by atoms with E-state index in [1.807, 2.05) is 0 Å². The van der Waals surface area contributed by atoms with Crippen LogP contribution in [0, 0.1) is 0 Å². The molecule has 0 aromatic carbocycles. The molecule has 0 aromatic heterocycles. The van der Waals surface area contributed by atoms with E-state index in [1.54, 1.807) is 0 Å². The van der Waals surface area contributed by atoms with Gasteiger partial charge in [0.1, 0.15) is 12.0 Å². The molecule has 6 heteroatoms. The van der Waals surface area contributed by atoms with Gasteiger partial charge in [0.15, 0.2) is 0 Å². The Morgan fingerprint density at radius 3 is 2.45 bits per heavy atom. The first-order chi connectivity index (χ1) is 4.92. The quantitative estimate of drug-likeness (QED) is 0.603. The van der Waals surface area contributed by atoms with Gasteiger partial charge in [-0.1, -0.05) is 34.8 Å². The Bertz CT molecular complexity index is 164. The van der Waals surface area contributed by atoms with Gasteiger partial charge in [-0.2, -0.15) is 0 Å². The molecule has 1 unspecified atom stereocenters. The van der Waals surface area contributed by atoms with Crippen molar-refractivity contribution in [3.8, 4) is 0 Å². The highest BCUT2D eigenvalue weighted by molar-refractivity contribution is 7.40. The van der Waals surface area contributed by atoms with Crippen molar-refractivity contribution in [1.29, 1.82) is 0 Å². The van der Waals surface area contributed by atoms with Gasteiger partial charge in [0.05, 0.1) is 14.6 Å². The monoisotopic (exact) mass is 235 g/mol. The van der Waals surface area contributed by atoms with Crippen LogP contribution >= 0.6 is 43.0 Å². The van der Waals surface area contributed by atoms with Crippen molar-refractivity contribution in [1.82, 2.24) is 0 Å². The normalized spacial score (nSPS) is 12.3. The van der Waals surface area contributed by atoms with Crippen molar-refractivity contribution < 1.29 is 9.90 Å². The fraction of sp³-hybridized carbons (Fsp3) is 0.600. The summed E-state index contributed by atoms with van der Waals surface area (Å²) in [6, 6.07) is 0. The van der Waals surface area contributed by atoms with Crippen molar-refractivity contribution >= 4 is 54.8 Å². The molecule has 0 heterocycles. The molecule has 0 radical (unpaired) electrons. The number of aliphatic carboxylic acids is 1. The van der Waals surface area contributed by atoms with E-state index in [9.17, 15) is 4.79 Å². The fourth-order valence-electron chi connectivity index (χ4n) is 0.367. The van der Waals surface area contributed by atoms with Crippen LogP contribution in [0.4, 0.5) is 0 Å². The standard InChI is InChI=1S/C5H6Cl3O2P/c6-5(7,8)3-11-2-1-4(9)10/h3H,1-2H2,(H,9,10)/p+1. The molecular weight excluding hydrogens is 229 g/mol. The topological polar surface area (TPSA) is 37.3 Å². The Balaban J connectivity index is 3.54. The van der Waals surface area contributed by atoms with Gasteiger partial charge in [0, 0.05) is 0 Å². The molecule has 0 fully saturated rings. The van der Waals surface area contributed by atoms with Gasteiger partial charge in [-0.15, -0.1) is 0 Å². The highest BCUT2D eigenvalue weighted by Gasteiger charge is 2.18. The maximum Gasteiger partial charge on any atom is 0.307 e. The van der Waals surface area contributed by atoms with E-state index in [0.717, 1.165) is 0 Å². The second-order valence-electron chi connectivity index (χ2n) is 1.78. The fourth-order valence-corrected chi connectivity index (χ4v) is 1.80. The minimum absolute atomic E-state index is 0.121. The van der Waals surface area contributed by atoms with Crippen LogP contribution in [-0.2, 0) is 4.79 Å². The van der Waals surface area contributed by atoms with Crippen LogP contribution < -0.4 is 0 Å². The van der Waals surface area contributed by atoms with Crippen LogP contribution in [0.3, 0.4) is 0 Å². The number of hydrogen-bond acceptors (Lipinski definition) is 1. The van der Waals surface area contributed by atoms with Crippen molar-refractivity contribution in [2.24, 2.45) is 0 Å². The zero-order valence-corrected chi connectivity index (χ0v) is 8.75. The van der Waals surface area contributed by atoms with Gasteiger partial charge < -0.3 is 5.11 Å². The van der Waals surface area contributed by atoms with Gasteiger partial charge in [0.2, 0.25) is 3.79 Å². The molecular formula is C5H7Cl3O2P+. The van der Waals surface area contributed by atoms with E-state index in [1.165, 1.54) is 5.80 Å². The van der Waals surface area contributed by atoms with E-state index in [0.29, 0.717) is 6.16 Å². The van der Waals surface area contributed by atoms with Crippen molar-refractivity contribution in [3.63, 3.8) is 0 Å². The summed E-state index contributed by atoms with van der Waals surface area (Å²) < 4.78 is -1.35. The molecule has 0 rings (SSSR count). The highest BCUT2D eigenvalue weighted by Crippen LogP contribution is 2.25. The third kappa shape index (κ3) is 10.5. The molecule has 0 spiro atoms. The first-order valence-corrected chi connectivity index (χ1v) is 5.20. The maximum atomic E-state index is 10.0. The summed E-state index contributed by atoms with van der Waals surface area (Å²) >= 11 is 16.1. The van der Waals surface area contributed by atoms with Crippen molar-refractivity contribution in [2.75, 3.05) is 6.16 Å². The zero-order chi connectivity index (χ0) is 8.91. The van der Waals surface area contributed by atoms with Crippen molar-refractivity contribution in [3.05, 3.63) is 0 Å². The maximum absolute atomic E-state index is 10.0. The van der Waals surface area contributed by atoms with Crippen LogP contribution in [0.5, 0.6) is 0 Å². The Labute approximate surface area is 81.2 Å². The van der Waals surface area contributed by atoms with Gasteiger partial charge in [-0.25, -0.2) is 0 Å². The van der Waals surface area contributed by atoms with E-state index in [2.05, 4.69) is 0 Å². The van der Waals surface area contributed by atoms with Gasteiger partial charge in [-0.05, 0) is 0 Å². The van der Waals surface area contributed by atoms with E-state index in [4.69, 9.17) is 39.9 Å². The third-order valence-electron chi connectivity index (χ3n) is 0.749. The first-order valence-electron chi connectivity index (χ1n) is 2.78. The van der Waals surface area contributed by atoms with Crippen LogP contribution in [0.1, 0.15) is 6.42 Å². The largest absolute Gasteiger partial charge is 0.481 e. The molecule has 64 valence electrons. The van der Waals surface area contributed by atoms with E-state index >= 15 is 0 Å². The lowest BCUT2D eigenvalue weighted by Crippen LogP contribution is -2.01. The summed E-state index contributed by atoms with van der Waals surface area (Å²) in [4.78, 5) is 10.0. The summed E-state index contributed by atoms with van der Waals surface area (Å²) in [7, 11) is 0.275. The summed E-state index contributed by atoms with van der Waals surface area (Å²) in [5.41, 5.74) is 0. The zero-order valence-electron chi connectivity index (χ0n) is 5.48. The summed E-state index contributed by atoms with van der Waals surface area (Å²) in [6.07, 6.45) is 0.652. The molecule has 0 aliphatic heterocycles. The smallest absolute Gasteiger partial charge is 0.307 e. The number of carboxylic acids is 1. The average Bonchev–Trinajstić information content (AvgIpc) is 1.78. The molecule has 0 aliphatic carbocycles. The minimum Gasteiger partial charge on any atom is -0.481 e. The van der Waals surface area contributed by atoms with Crippen LogP contribution in [0.15, 0.2) is 0 Å². The summed E-state index contributed by atoms with van der Waals surface area (Å²) in [5, 5.41) is 8.23. The lowest BCUT2D eigenvalue weighted by molar-refractivity contribution is -0.136. The van der Waals surface area contributed by atoms with E-state index < -0.39 is 9.76 Å². The van der Waals surface area contributed by atoms with Crippen LogP contribution in [-0.4, -0.2) is 26.8 Å². The third-order valence-corrected chi connectivity index (χ3v) is 2.80. The number of alkyl halides is 3. The number of carbonyl (C=O) groups is 1. The SMILES string of the molecule is O=C(O)CC[PH+]=CC(Cl)(Cl)Cl. The molecule has 0 aromatic rings. The molecule has 2 nitrogen and oxygen atoms in total. The Morgan fingerprint density at radius 2 is 2.09 bits per heavy atom. The molecule has 11 heavy (non-hydrogen) atoms. The van der Waals surface area contributed by atoms with Crippen molar-refractivity contribution in [2.45, 2.75) is 10.2 Å². The number of halogens is 3. The molecule has 0 saturated carbocycles. The number of carboxylic acid groups (broad SMARTS) is 1. The molecule has 0 amide bonds. The minimum atomic E-state index is -1.35. The summed E-state index contributed by atoms with van der Waals surface area (Å²) in [6.45, 7) is 0. The molecule has 0 aliphatic rings. The second-order valence-corrected chi connectivity index (χ2v) is 5.35. The molecule has 0 bridgehead atoms. The predicted molar refractivity (Wildman–Crippen MR) is 51.8 cm³/mol. The van der Waals surface area contributed by atoms with Gasteiger partial charge in [0.25, 0.3) is 0 Å². The van der Waals surface area contributed by atoms with Gasteiger partial charge in [-0.3, -0.25) is 4.79 Å². The highest BCUT2D eigenvalue weighted by atomic mass is 35.6. The van der Waals surface area contributed by atoms with E-state index in [-0.39, 0.29) is 14.6 Å². The predicted octanol–water partition coefficient (Wildman–Crippen LogP) is 2.31. The second kappa shape index (κ2) is 5.21. The molecule has 1 N–H and O–H groups in total. The number of hydrogen-bond donors (Lipinski definition) is 1. The molecule has 1 atom stereocenters. The lowest BCUT2D eigenvalue weighted by Gasteiger charge is -1.95. The first kappa shape index (κ1) is 11.5. The average molecular weight is 236 g/mol. The van der Waals surface area contributed by atoms with Gasteiger partial charge >= 0.3 is 5.97 Å². The lowest BCUT2D eigenvalue weighted by atomic mass is 10.5. The Hall–Kier alpha value is 0.510. The summed E-state index contributed by atoms with van der Waals surface area (Å²) in [5.74, 6) is 0.663. The Kier molecular flexibility index (Phi) is 5.45. The molecule has 0 saturated heterocycles. The Morgan fingerprint density at radius 1 is 1.55 bits per heavy atom. The van der Waals surface area contributed by atoms with Crippen LogP contribution in [0.2, 0.25) is 0 Å². The van der Waals surface area contributed by atoms with Crippen LogP contribution in [0.25, 0.3) is 0 Å². The number of rotatable bonds is 3.